The van der Waals surface area contributed by atoms with Crippen LogP contribution in [0.4, 0.5) is 0 Å². The van der Waals surface area contributed by atoms with Gasteiger partial charge in [0.15, 0.2) is 0 Å². The zero-order valence-electron chi connectivity index (χ0n) is 8.75. The molecule has 2 fully saturated rings. The third-order valence-corrected chi connectivity index (χ3v) is 4.01. The highest BCUT2D eigenvalue weighted by Gasteiger charge is 2.40. The molecule has 2 heterocycles. The van der Waals surface area contributed by atoms with Crippen LogP contribution in [0.15, 0.2) is 0 Å². The SMILES string of the molecule is CSCC1CC2(CCNCC2)CO1.Cl. The molecule has 1 spiro atoms. The van der Waals surface area contributed by atoms with Crippen LogP contribution in [0.1, 0.15) is 19.3 Å². The summed E-state index contributed by atoms with van der Waals surface area (Å²) in [7, 11) is 0. The van der Waals surface area contributed by atoms with E-state index in [4.69, 9.17) is 4.74 Å². The van der Waals surface area contributed by atoms with Crippen molar-refractivity contribution < 1.29 is 4.74 Å². The average molecular weight is 238 g/mol. The third-order valence-electron chi connectivity index (χ3n) is 3.30. The Morgan fingerprint density at radius 2 is 2.14 bits per heavy atom. The lowest BCUT2D eigenvalue weighted by molar-refractivity contribution is 0.0972. The number of halogens is 1. The Labute approximate surface area is 97.0 Å². The monoisotopic (exact) mass is 237 g/mol. The Balaban J connectivity index is 0.000000980. The molecule has 1 atom stereocenters. The van der Waals surface area contributed by atoms with Gasteiger partial charge in [0.2, 0.25) is 0 Å². The van der Waals surface area contributed by atoms with Crippen LogP contribution >= 0.6 is 24.2 Å². The first-order chi connectivity index (χ1) is 6.35. The van der Waals surface area contributed by atoms with E-state index in [1.54, 1.807) is 0 Å². The molecule has 0 aromatic carbocycles. The molecule has 0 radical (unpaired) electrons. The van der Waals surface area contributed by atoms with Gasteiger partial charge < -0.3 is 10.1 Å². The second-order valence-electron chi connectivity index (χ2n) is 4.34. The lowest BCUT2D eigenvalue weighted by Crippen LogP contribution is -2.37. The maximum absolute atomic E-state index is 5.84. The van der Waals surface area contributed by atoms with Gasteiger partial charge in [-0.25, -0.2) is 0 Å². The van der Waals surface area contributed by atoms with Crippen molar-refractivity contribution in [1.82, 2.24) is 5.32 Å². The summed E-state index contributed by atoms with van der Waals surface area (Å²) in [5.74, 6) is 1.18. The number of piperidine rings is 1. The van der Waals surface area contributed by atoms with Crippen LogP contribution < -0.4 is 5.32 Å². The van der Waals surface area contributed by atoms with E-state index in [9.17, 15) is 0 Å². The van der Waals surface area contributed by atoms with Gasteiger partial charge in [-0.1, -0.05) is 0 Å². The fourth-order valence-corrected chi connectivity index (χ4v) is 3.08. The normalized spacial score (nSPS) is 30.2. The molecule has 4 heteroatoms. The molecule has 0 aliphatic carbocycles. The average Bonchev–Trinajstić information content (AvgIpc) is 2.51. The molecule has 0 amide bonds. The fraction of sp³-hybridized carbons (Fsp3) is 1.00. The summed E-state index contributed by atoms with van der Waals surface area (Å²) in [6.45, 7) is 3.39. The molecule has 14 heavy (non-hydrogen) atoms. The Hall–Kier alpha value is 0.560. The minimum atomic E-state index is 0. The highest BCUT2D eigenvalue weighted by Crippen LogP contribution is 2.40. The Kier molecular flexibility index (Phi) is 5.04. The molecule has 1 N–H and O–H groups in total. The molecule has 2 nitrogen and oxygen atoms in total. The Morgan fingerprint density at radius 3 is 2.79 bits per heavy atom. The fourth-order valence-electron chi connectivity index (χ4n) is 2.49. The molecule has 0 bridgehead atoms. The molecular formula is C10H20ClNOS. The molecule has 0 aromatic heterocycles. The van der Waals surface area contributed by atoms with Crippen molar-refractivity contribution in [3.8, 4) is 0 Å². The molecule has 0 saturated carbocycles. The van der Waals surface area contributed by atoms with Gasteiger partial charge in [-0.05, 0) is 44.0 Å². The van der Waals surface area contributed by atoms with E-state index in [2.05, 4.69) is 11.6 Å². The van der Waals surface area contributed by atoms with E-state index in [1.165, 1.54) is 38.1 Å². The lowest BCUT2D eigenvalue weighted by atomic mass is 9.77. The van der Waals surface area contributed by atoms with Crippen molar-refractivity contribution in [2.45, 2.75) is 25.4 Å². The second-order valence-corrected chi connectivity index (χ2v) is 5.25. The van der Waals surface area contributed by atoms with Gasteiger partial charge >= 0.3 is 0 Å². The van der Waals surface area contributed by atoms with Gasteiger partial charge in [0.05, 0.1) is 12.7 Å². The number of hydrogen-bond donors (Lipinski definition) is 1. The van der Waals surface area contributed by atoms with Gasteiger partial charge in [0, 0.05) is 5.75 Å². The molecule has 0 aromatic rings. The summed E-state index contributed by atoms with van der Waals surface area (Å²) in [4.78, 5) is 0. The smallest absolute Gasteiger partial charge is 0.0671 e. The van der Waals surface area contributed by atoms with Crippen molar-refractivity contribution >= 4 is 24.2 Å². The number of nitrogens with one attached hydrogen (secondary N) is 1. The van der Waals surface area contributed by atoms with E-state index < -0.39 is 0 Å². The zero-order valence-corrected chi connectivity index (χ0v) is 10.4. The maximum Gasteiger partial charge on any atom is 0.0671 e. The summed E-state index contributed by atoms with van der Waals surface area (Å²) >= 11 is 1.91. The van der Waals surface area contributed by atoms with Gasteiger partial charge in [0.25, 0.3) is 0 Å². The van der Waals surface area contributed by atoms with Crippen molar-refractivity contribution in [2.75, 3.05) is 31.7 Å². The standard InChI is InChI=1S/C10H19NOS.ClH/c1-13-7-9-6-10(8-12-9)2-4-11-5-3-10;/h9,11H,2-8H2,1H3;1H. The summed E-state index contributed by atoms with van der Waals surface area (Å²) in [6, 6.07) is 0. The molecule has 2 aliphatic heterocycles. The minimum Gasteiger partial charge on any atom is -0.377 e. The summed E-state index contributed by atoms with van der Waals surface area (Å²) in [6.07, 6.45) is 6.63. The molecule has 2 aliphatic rings. The molecule has 1 unspecified atom stereocenters. The van der Waals surface area contributed by atoms with E-state index in [0.717, 1.165) is 6.61 Å². The van der Waals surface area contributed by atoms with Crippen LogP contribution in [0.5, 0.6) is 0 Å². The maximum atomic E-state index is 5.84. The molecule has 84 valence electrons. The highest BCUT2D eigenvalue weighted by atomic mass is 35.5. The van der Waals surface area contributed by atoms with Crippen molar-refractivity contribution in [2.24, 2.45) is 5.41 Å². The van der Waals surface area contributed by atoms with Gasteiger partial charge in [-0.3, -0.25) is 0 Å². The van der Waals surface area contributed by atoms with Crippen molar-refractivity contribution in [3.05, 3.63) is 0 Å². The van der Waals surface area contributed by atoms with Crippen LogP contribution in [0, 0.1) is 5.41 Å². The Morgan fingerprint density at radius 1 is 1.43 bits per heavy atom. The van der Waals surface area contributed by atoms with Crippen LogP contribution in [-0.2, 0) is 4.74 Å². The number of hydrogen-bond acceptors (Lipinski definition) is 3. The topological polar surface area (TPSA) is 21.3 Å². The third kappa shape index (κ3) is 2.78. The minimum absolute atomic E-state index is 0. The Bertz CT molecular complexity index is 174. The zero-order chi connectivity index (χ0) is 9.15. The van der Waals surface area contributed by atoms with Crippen molar-refractivity contribution in [1.29, 1.82) is 0 Å². The number of rotatable bonds is 2. The van der Waals surface area contributed by atoms with Gasteiger partial charge in [0.1, 0.15) is 0 Å². The summed E-state index contributed by atoms with van der Waals surface area (Å²) < 4.78 is 5.84. The van der Waals surface area contributed by atoms with E-state index >= 15 is 0 Å². The molecule has 2 rings (SSSR count). The van der Waals surface area contributed by atoms with Crippen molar-refractivity contribution in [3.63, 3.8) is 0 Å². The summed E-state index contributed by atoms with van der Waals surface area (Å²) in [5.41, 5.74) is 0.547. The van der Waals surface area contributed by atoms with E-state index in [1.807, 2.05) is 11.8 Å². The largest absolute Gasteiger partial charge is 0.377 e. The van der Waals surface area contributed by atoms with Crippen LogP contribution in [-0.4, -0.2) is 37.8 Å². The number of ether oxygens (including phenoxy) is 1. The second kappa shape index (κ2) is 5.59. The lowest BCUT2D eigenvalue weighted by Gasteiger charge is -2.32. The first-order valence-corrected chi connectivity index (χ1v) is 6.55. The predicted octanol–water partition coefficient (Wildman–Crippen LogP) is 1.93. The highest BCUT2D eigenvalue weighted by molar-refractivity contribution is 7.98. The molecular weight excluding hydrogens is 218 g/mol. The van der Waals surface area contributed by atoms with Crippen LogP contribution in [0.3, 0.4) is 0 Å². The number of thioether (sulfide) groups is 1. The first kappa shape index (κ1) is 12.6. The predicted molar refractivity (Wildman–Crippen MR) is 64.5 cm³/mol. The first-order valence-electron chi connectivity index (χ1n) is 5.16. The van der Waals surface area contributed by atoms with E-state index in [0.29, 0.717) is 11.5 Å². The summed E-state index contributed by atoms with van der Waals surface area (Å²) in [5, 5.41) is 3.42. The van der Waals surface area contributed by atoms with Crippen LogP contribution in [0.2, 0.25) is 0 Å². The van der Waals surface area contributed by atoms with Gasteiger partial charge in [-0.2, -0.15) is 11.8 Å². The van der Waals surface area contributed by atoms with Gasteiger partial charge in [-0.15, -0.1) is 12.4 Å². The van der Waals surface area contributed by atoms with E-state index in [-0.39, 0.29) is 12.4 Å². The quantitative estimate of drug-likeness (QED) is 0.793. The van der Waals surface area contributed by atoms with Crippen LogP contribution in [0.25, 0.3) is 0 Å². The molecule has 2 saturated heterocycles.